The van der Waals surface area contributed by atoms with Crippen molar-refractivity contribution < 1.29 is 10.1 Å². The molecule has 0 atom stereocenters. The van der Waals surface area contributed by atoms with Gasteiger partial charge in [0, 0.05) is 10.6 Å². The minimum atomic E-state index is -0.237. The average Bonchev–Trinajstić information content (AvgIpc) is 1.94. The number of rotatable bonds is 1. The fourth-order valence-corrected chi connectivity index (χ4v) is 0.930. The molecule has 1 rings (SSSR count). The van der Waals surface area contributed by atoms with Crippen LogP contribution in [0, 0.1) is 5.82 Å². The molecule has 0 aliphatic rings. The summed E-state index contributed by atoms with van der Waals surface area (Å²) in [5, 5.41) is 0.556. The van der Waals surface area contributed by atoms with Gasteiger partial charge < -0.3 is 5.73 Å². The van der Waals surface area contributed by atoms with E-state index in [0.717, 1.165) is 0 Å². The fraction of sp³-hybridized carbons (Fsp3) is 0.143. The van der Waals surface area contributed by atoms with E-state index >= 15 is 0 Å². The zero-order valence-corrected chi connectivity index (χ0v) is 6.16. The lowest BCUT2D eigenvalue weighted by Gasteiger charge is -1.96. The van der Waals surface area contributed by atoms with Crippen LogP contribution in [0.3, 0.4) is 0 Å². The van der Waals surface area contributed by atoms with E-state index in [2.05, 4.69) is 5.73 Å². The monoisotopic (exact) mass is 160 g/mol. The van der Waals surface area contributed by atoms with Crippen LogP contribution in [0.5, 0.6) is 0 Å². The summed E-state index contributed by atoms with van der Waals surface area (Å²) in [4.78, 5) is 0. The molecule has 0 amide bonds. The molecule has 0 aromatic heterocycles. The van der Waals surface area contributed by atoms with Crippen LogP contribution in [0.15, 0.2) is 18.2 Å². The lowest BCUT2D eigenvalue weighted by molar-refractivity contribution is -0.386. The third-order valence-electron chi connectivity index (χ3n) is 1.28. The highest BCUT2D eigenvalue weighted by Gasteiger charge is 2.00. The molecule has 10 heavy (non-hydrogen) atoms. The van der Waals surface area contributed by atoms with Crippen molar-refractivity contribution in [1.29, 1.82) is 0 Å². The third kappa shape index (κ3) is 1.46. The van der Waals surface area contributed by atoms with Crippen molar-refractivity contribution >= 4 is 11.6 Å². The summed E-state index contributed by atoms with van der Waals surface area (Å²) < 4.78 is 12.7. The van der Waals surface area contributed by atoms with E-state index in [4.69, 9.17) is 11.6 Å². The summed E-state index contributed by atoms with van der Waals surface area (Å²) in [6.45, 7) is 0.437. The summed E-state index contributed by atoms with van der Waals surface area (Å²) in [5.41, 5.74) is 4.12. The first-order chi connectivity index (χ1) is 4.74. The highest BCUT2D eigenvalue weighted by atomic mass is 35.5. The Kier molecular flexibility index (Phi) is 2.25. The van der Waals surface area contributed by atoms with Gasteiger partial charge in [0.05, 0.1) is 0 Å². The largest absolute Gasteiger partial charge is 0.354 e. The van der Waals surface area contributed by atoms with Crippen LogP contribution in [0.2, 0.25) is 5.02 Å². The van der Waals surface area contributed by atoms with E-state index < -0.39 is 0 Å². The van der Waals surface area contributed by atoms with Gasteiger partial charge in [-0.15, -0.1) is 0 Å². The Morgan fingerprint density at radius 3 is 2.70 bits per heavy atom. The Labute approximate surface area is 63.6 Å². The number of quaternary nitrogens is 1. The van der Waals surface area contributed by atoms with Gasteiger partial charge in [0.25, 0.3) is 0 Å². The fourth-order valence-electron chi connectivity index (χ4n) is 0.735. The van der Waals surface area contributed by atoms with E-state index in [-0.39, 0.29) is 5.82 Å². The molecular formula is C7H8ClFN+. The van der Waals surface area contributed by atoms with Gasteiger partial charge in [0.2, 0.25) is 0 Å². The van der Waals surface area contributed by atoms with Crippen molar-refractivity contribution in [2.75, 3.05) is 0 Å². The summed E-state index contributed by atoms with van der Waals surface area (Å²) in [6.07, 6.45) is 0. The molecule has 0 fully saturated rings. The average molecular weight is 161 g/mol. The highest BCUT2D eigenvalue weighted by Crippen LogP contribution is 2.13. The Balaban J connectivity index is 3.09. The van der Waals surface area contributed by atoms with E-state index in [1.807, 2.05) is 0 Å². The molecule has 1 aromatic carbocycles. The van der Waals surface area contributed by atoms with Gasteiger partial charge >= 0.3 is 0 Å². The van der Waals surface area contributed by atoms with Crippen LogP contribution in [0.1, 0.15) is 5.56 Å². The molecule has 0 bridgehead atoms. The normalized spacial score (nSPS) is 9.90. The number of hydrogen-bond donors (Lipinski definition) is 1. The van der Waals surface area contributed by atoms with E-state index in [1.165, 1.54) is 12.1 Å². The molecule has 3 N–H and O–H groups in total. The minimum absolute atomic E-state index is 0.237. The maximum atomic E-state index is 12.7. The zero-order valence-electron chi connectivity index (χ0n) is 5.40. The second-order valence-electron chi connectivity index (χ2n) is 1.99. The zero-order chi connectivity index (χ0) is 7.56. The van der Waals surface area contributed by atoms with Crippen LogP contribution in [0.25, 0.3) is 0 Å². The van der Waals surface area contributed by atoms with Crippen molar-refractivity contribution in [2.45, 2.75) is 6.54 Å². The molecule has 54 valence electrons. The van der Waals surface area contributed by atoms with Gasteiger partial charge in [0.15, 0.2) is 0 Å². The van der Waals surface area contributed by atoms with Crippen molar-refractivity contribution in [3.63, 3.8) is 0 Å². The van der Waals surface area contributed by atoms with Gasteiger partial charge in [-0.25, -0.2) is 4.39 Å². The molecule has 0 saturated heterocycles. The molecule has 0 aliphatic heterocycles. The molecule has 0 radical (unpaired) electrons. The summed E-state index contributed by atoms with van der Waals surface area (Å²) >= 11 is 5.60. The van der Waals surface area contributed by atoms with Gasteiger partial charge in [-0.1, -0.05) is 11.6 Å². The van der Waals surface area contributed by atoms with Gasteiger partial charge in [-0.2, -0.15) is 0 Å². The lowest BCUT2D eigenvalue weighted by atomic mass is 10.2. The van der Waals surface area contributed by atoms with Gasteiger partial charge in [-0.3, -0.25) is 0 Å². The van der Waals surface area contributed by atoms with Gasteiger partial charge in [-0.05, 0) is 18.2 Å². The van der Waals surface area contributed by atoms with Crippen LogP contribution >= 0.6 is 11.6 Å². The molecule has 0 aliphatic carbocycles. The van der Waals surface area contributed by atoms with Crippen molar-refractivity contribution in [2.24, 2.45) is 0 Å². The van der Waals surface area contributed by atoms with E-state index in [0.29, 0.717) is 17.1 Å². The molecule has 0 saturated carbocycles. The second-order valence-corrected chi connectivity index (χ2v) is 2.42. The first-order valence-corrected chi connectivity index (χ1v) is 3.35. The molecule has 1 aromatic rings. The topological polar surface area (TPSA) is 27.6 Å². The molecule has 0 spiro atoms. The highest BCUT2D eigenvalue weighted by molar-refractivity contribution is 6.30. The number of benzene rings is 1. The lowest BCUT2D eigenvalue weighted by Crippen LogP contribution is -2.47. The predicted octanol–water partition coefficient (Wildman–Crippen LogP) is 1.22. The van der Waals surface area contributed by atoms with Crippen LogP contribution in [-0.4, -0.2) is 0 Å². The predicted molar refractivity (Wildman–Crippen MR) is 38.0 cm³/mol. The Bertz CT molecular complexity index is 237. The summed E-state index contributed by atoms with van der Waals surface area (Å²) in [6, 6.07) is 4.46. The quantitative estimate of drug-likeness (QED) is 0.640. The minimum Gasteiger partial charge on any atom is -0.354 e. The maximum Gasteiger partial charge on any atom is 0.132 e. The van der Waals surface area contributed by atoms with Crippen molar-refractivity contribution in [3.05, 3.63) is 34.6 Å². The SMILES string of the molecule is [NH3+]Cc1cc(Cl)ccc1F. The Morgan fingerprint density at radius 1 is 1.50 bits per heavy atom. The number of hydrogen-bond acceptors (Lipinski definition) is 0. The van der Waals surface area contributed by atoms with Crippen LogP contribution in [-0.2, 0) is 6.54 Å². The molecule has 0 unspecified atom stereocenters. The molecular weight excluding hydrogens is 153 g/mol. The Hall–Kier alpha value is -0.600. The summed E-state index contributed by atoms with van der Waals surface area (Å²) in [5.74, 6) is -0.237. The van der Waals surface area contributed by atoms with Crippen LogP contribution < -0.4 is 5.73 Å². The standard InChI is InChI=1S/C7H7ClFN/c8-6-1-2-7(9)5(3-6)4-10/h1-3H,4,10H2/p+1. The van der Waals surface area contributed by atoms with Crippen molar-refractivity contribution in [3.8, 4) is 0 Å². The first kappa shape index (κ1) is 7.51. The first-order valence-electron chi connectivity index (χ1n) is 2.97. The maximum absolute atomic E-state index is 12.7. The Morgan fingerprint density at radius 2 is 2.20 bits per heavy atom. The second kappa shape index (κ2) is 2.99. The third-order valence-corrected chi connectivity index (χ3v) is 1.51. The molecule has 3 heteroatoms. The van der Waals surface area contributed by atoms with E-state index in [9.17, 15) is 4.39 Å². The smallest absolute Gasteiger partial charge is 0.132 e. The number of halogens is 2. The molecule has 1 nitrogen and oxygen atoms in total. The van der Waals surface area contributed by atoms with Crippen LogP contribution in [0.4, 0.5) is 4.39 Å². The van der Waals surface area contributed by atoms with Crippen molar-refractivity contribution in [1.82, 2.24) is 0 Å². The van der Waals surface area contributed by atoms with E-state index in [1.54, 1.807) is 6.07 Å². The molecule has 0 heterocycles. The summed E-state index contributed by atoms with van der Waals surface area (Å²) in [7, 11) is 0. The van der Waals surface area contributed by atoms with Gasteiger partial charge in [0.1, 0.15) is 12.4 Å².